The van der Waals surface area contributed by atoms with E-state index >= 15 is 0 Å². The first-order chi connectivity index (χ1) is 15.0. The third-order valence-electron chi connectivity index (χ3n) is 4.51. The van der Waals surface area contributed by atoms with Crippen molar-refractivity contribution < 1.29 is 18.8 Å². The molecule has 0 saturated heterocycles. The van der Waals surface area contributed by atoms with E-state index in [2.05, 4.69) is 15.8 Å². The quantitative estimate of drug-likeness (QED) is 0.484. The molecule has 2 heterocycles. The van der Waals surface area contributed by atoms with E-state index < -0.39 is 18.1 Å². The summed E-state index contributed by atoms with van der Waals surface area (Å²) in [6.45, 7) is 0.235. The van der Waals surface area contributed by atoms with Crippen LogP contribution in [0.2, 0.25) is 5.02 Å². The topological polar surface area (TPSA) is 123 Å². The Kier molecular flexibility index (Phi) is 5.76. The van der Waals surface area contributed by atoms with Gasteiger partial charge in [-0.15, -0.1) is 0 Å². The number of halogens is 1. The largest absolute Gasteiger partial charge is 0.436 e. The average Bonchev–Trinajstić information content (AvgIpc) is 3.26. The molecule has 10 heteroatoms. The van der Waals surface area contributed by atoms with Crippen LogP contribution in [0.25, 0.3) is 0 Å². The number of amides is 2. The minimum absolute atomic E-state index is 0.122. The van der Waals surface area contributed by atoms with E-state index in [4.69, 9.17) is 26.6 Å². The Bertz CT molecular complexity index is 1100. The predicted molar refractivity (Wildman–Crippen MR) is 113 cm³/mol. The number of benzene rings is 2. The number of anilines is 1. The maximum atomic E-state index is 12.9. The van der Waals surface area contributed by atoms with Crippen LogP contribution in [-0.4, -0.2) is 28.2 Å². The van der Waals surface area contributed by atoms with Crippen LogP contribution in [0.1, 0.15) is 5.56 Å². The molecule has 0 bridgehead atoms. The van der Waals surface area contributed by atoms with Crippen molar-refractivity contribution >= 4 is 29.1 Å². The van der Waals surface area contributed by atoms with Gasteiger partial charge in [-0.3, -0.25) is 14.5 Å². The van der Waals surface area contributed by atoms with E-state index in [-0.39, 0.29) is 12.1 Å². The fraction of sp³-hybridized carbons (Fsp3) is 0.0952. The number of nitrogens with zero attached hydrogens (tertiary/aromatic N) is 2. The van der Waals surface area contributed by atoms with E-state index in [1.807, 2.05) is 12.1 Å². The van der Waals surface area contributed by atoms with Gasteiger partial charge in [-0.05, 0) is 47.1 Å². The maximum Gasteiger partial charge on any atom is 0.264 e. The summed E-state index contributed by atoms with van der Waals surface area (Å²) in [5.74, 6) is -0.365. The lowest BCUT2D eigenvalue weighted by Crippen LogP contribution is -2.56. The van der Waals surface area contributed by atoms with Crippen LogP contribution in [0, 0.1) is 0 Å². The lowest BCUT2D eigenvalue weighted by atomic mass is 10.1. The minimum Gasteiger partial charge on any atom is -0.436 e. The van der Waals surface area contributed by atoms with Crippen molar-refractivity contribution in [1.29, 1.82) is 0 Å². The molecule has 0 fully saturated rings. The molecule has 1 aliphatic heterocycles. The highest BCUT2D eigenvalue weighted by molar-refractivity contribution is 6.30. The Hall–Kier alpha value is -3.98. The molecule has 4 rings (SSSR count). The Balaban J connectivity index is 1.52. The summed E-state index contributed by atoms with van der Waals surface area (Å²) in [4.78, 5) is 26.0. The highest BCUT2D eigenvalue weighted by atomic mass is 35.5. The van der Waals surface area contributed by atoms with Gasteiger partial charge < -0.3 is 25.6 Å². The van der Waals surface area contributed by atoms with E-state index in [9.17, 15) is 9.59 Å². The standard InChI is InChI=1S/C21H18ClN5O4/c22-14-3-1-13(2-4-14)12-27-20(29)17(19(23)28)11-24-21(27)25-15-5-7-16(8-6-15)31-18-9-10-30-26-18/h1-11,21,24-25H,12H2,(H2,23,28). The van der Waals surface area contributed by atoms with E-state index in [0.717, 1.165) is 11.3 Å². The summed E-state index contributed by atoms with van der Waals surface area (Å²) >= 11 is 5.95. The van der Waals surface area contributed by atoms with Gasteiger partial charge in [-0.25, -0.2) is 0 Å². The number of rotatable bonds is 7. The van der Waals surface area contributed by atoms with Crippen molar-refractivity contribution in [3.05, 3.63) is 83.2 Å². The molecule has 0 saturated carbocycles. The zero-order valence-electron chi connectivity index (χ0n) is 16.1. The highest BCUT2D eigenvalue weighted by Crippen LogP contribution is 2.23. The number of nitrogens with one attached hydrogen (secondary N) is 2. The molecule has 31 heavy (non-hydrogen) atoms. The molecule has 0 aliphatic carbocycles. The van der Waals surface area contributed by atoms with Crippen molar-refractivity contribution in [3.8, 4) is 11.6 Å². The van der Waals surface area contributed by atoms with Gasteiger partial charge in [-0.2, -0.15) is 0 Å². The SMILES string of the molecule is NC(=O)C1=CNC(Nc2ccc(Oc3ccon3)cc2)N(Cc2ccc(Cl)cc2)C1=O. The molecule has 1 aliphatic rings. The second-order valence-corrected chi connectivity index (χ2v) is 7.10. The first-order valence-electron chi connectivity index (χ1n) is 9.26. The Labute approximate surface area is 182 Å². The van der Waals surface area contributed by atoms with Crippen LogP contribution in [0.3, 0.4) is 0 Å². The molecule has 0 spiro atoms. The lowest BCUT2D eigenvalue weighted by Gasteiger charge is -2.36. The smallest absolute Gasteiger partial charge is 0.264 e. The second-order valence-electron chi connectivity index (χ2n) is 6.66. The van der Waals surface area contributed by atoms with E-state index in [1.165, 1.54) is 17.4 Å². The van der Waals surface area contributed by atoms with Gasteiger partial charge >= 0.3 is 0 Å². The number of hydrogen-bond donors (Lipinski definition) is 3. The van der Waals surface area contributed by atoms with Crippen LogP contribution in [0.5, 0.6) is 11.6 Å². The number of carbonyl (C=O) groups is 2. The fourth-order valence-electron chi connectivity index (χ4n) is 2.98. The van der Waals surface area contributed by atoms with Gasteiger partial charge in [0, 0.05) is 29.5 Å². The van der Waals surface area contributed by atoms with Crippen LogP contribution in [-0.2, 0) is 16.1 Å². The van der Waals surface area contributed by atoms with Gasteiger partial charge in [0.1, 0.15) is 17.6 Å². The van der Waals surface area contributed by atoms with Gasteiger partial charge in [0.2, 0.25) is 0 Å². The van der Waals surface area contributed by atoms with E-state index in [0.29, 0.717) is 16.7 Å². The fourth-order valence-corrected chi connectivity index (χ4v) is 3.11. The third kappa shape index (κ3) is 4.78. The molecule has 0 radical (unpaired) electrons. The van der Waals surface area contributed by atoms with E-state index in [1.54, 1.807) is 42.5 Å². The summed E-state index contributed by atoms with van der Waals surface area (Å²) in [6, 6.07) is 15.8. The zero-order chi connectivity index (χ0) is 21.8. The third-order valence-corrected chi connectivity index (χ3v) is 4.77. The first kappa shape index (κ1) is 20.3. The lowest BCUT2D eigenvalue weighted by molar-refractivity contribution is -0.133. The number of primary amides is 1. The van der Waals surface area contributed by atoms with Crippen molar-refractivity contribution in [2.24, 2.45) is 5.73 Å². The molecule has 9 nitrogen and oxygen atoms in total. The van der Waals surface area contributed by atoms with Crippen molar-refractivity contribution in [2.75, 3.05) is 5.32 Å². The monoisotopic (exact) mass is 439 g/mol. The molecule has 158 valence electrons. The van der Waals surface area contributed by atoms with Gasteiger partial charge in [0.05, 0.1) is 0 Å². The minimum atomic E-state index is -0.800. The number of aromatic nitrogens is 1. The molecule has 2 amide bonds. The van der Waals surface area contributed by atoms with Gasteiger partial charge in [-0.1, -0.05) is 23.7 Å². The maximum absolute atomic E-state index is 12.9. The molecular weight excluding hydrogens is 422 g/mol. The molecule has 4 N–H and O–H groups in total. The zero-order valence-corrected chi connectivity index (χ0v) is 16.9. The number of ether oxygens (including phenoxy) is 1. The number of carbonyl (C=O) groups excluding carboxylic acids is 2. The molecule has 1 atom stereocenters. The molecule has 1 aromatic heterocycles. The van der Waals surface area contributed by atoms with Crippen LogP contribution >= 0.6 is 11.6 Å². The van der Waals surface area contributed by atoms with Crippen LogP contribution in [0.15, 0.2) is 77.2 Å². The Morgan fingerprint density at radius 3 is 2.58 bits per heavy atom. The van der Waals surface area contributed by atoms with Gasteiger partial charge in [0.15, 0.2) is 6.29 Å². The van der Waals surface area contributed by atoms with Crippen molar-refractivity contribution in [1.82, 2.24) is 15.4 Å². The summed E-state index contributed by atoms with van der Waals surface area (Å²) in [6.07, 6.45) is 2.12. The highest BCUT2D eigenvalue weighted by Gasteiger charge is 2.32. The summed E-state index contributed by atoms with van der Waals surface area (Å²) in [5.41, 5.74) is 6.78. The van der Waals surface area contributed by atoms with Crippen LogP contribution in [0.4, 0.5) is 5.69 Å². The Morgan fingerprint density at radius 1 is 1.19 bits per heavy atom. The Morgan fingerprint density at radius 2 is 1.94 bits per heavy atom. The molecule has 2 aromatic carbocycles. The second kappa shape index (κ2) is 8.80. The summed E-state index contributed by atoms with van der Waals surface area (Å²) < 4.78 is 10.3. The summed E-state index contributed by atoms with van der Waals surface area (Å²) in [7, 11) is 0. The first-order valence-corrected chi connectivity index (χ1v) is 9.64. The number of nitrogens with two attached hydrogens (primary N) is 1. The average molecular weight is 440 g/mol. The molecule has 3 aromatic rings. The van der Waals surface area contributed by atoms with Gasteiger partial charge in [0.25, 0.3) is 17.7 Å². The van der Waals surface area contributed by atoms with Crippen molar-refractivity contribution in [3.63, 3.8) is 0 Å². The number of hydrogen-bond acceptors (Lipinski definition) is 7. The van der Waals surface area contributed by atoms with Crippen LogP contribution < -0.4 is 21.1 Å². The molecular formula is C21H18ClN5O4. The normalized spacial score (nSPS) is 15.8. The predicted octanol–water partition coefficient (Wildman–Crippen LogP) is 2.82. The van der Waals surface area contributed by atoms with Crippen molar-refractivity contribution in [2.45, 2.75) is 12.8 Å². The summed E-state index contributed by atoms with van der Waals surface area (Å²) in [5, 5.41) is 10.5. The molecule has 1 unspecified atom stereocenters.